The second-order valence-corrected chi connectivity index (χ2v) is 3.99. The Morgan fingerprint density at radius 2 is 2.24 bits per heavy atom. The van der Waals surface area contributed by atoms with E-state index in [-0.39, 0.29) is 5.63 Å². The Labute approximate surface area is 98.4 Å². The normalized spacial score (nSPS) is 13.4. The number of nitrogens with zero attached hydrogens (tertiary/aromatic N) is 1. The molecule has 0 aromatic carbocycles. The van der Waals surface area contributed by atoms with Gasteiger partial charge in [0.2, 0.25) is 0 Å². The first-order valence-corrected chi connectivity index (χ1v) is 5.59. The van der Waals surface area contributed by atoms with E-state index in [1.165, 1.54) is 0 Å². The van der Waals surface area contributed by atoms with Crippen LogP contribution in [0.1, 0.15) is 17.7 Å². The lowest BCUT2D eigenvalue weighted by atomic mass is 10.0. The maximum absolute atomic E-state index is 11.9. The second kappa shape index (κ2) is 4.01. The highest BCUT2D eigenvalue weighted by molar-refractivity contribution is 5.61. The number of pyridine rings is 1. The largest absolute Gasteiger partial charge is 0.423 e. The average molecular weight is 225 g/mol. The fourth-order valence-corrected chi connectivity index (χ4v) is 1.99. The molecule has 84 valence electrons. The molecular weight excluding hydrogens is 214 g/mol. The van der Waals surface area contributed by atoms with Gasteiger partial charge in [-0.15, -0.1) is 0 Å². The summed E-state index contributed by atoms with van der Waals surface area (Å²) >= 11 is 0. The zero-order chi connectivity index (χ0) is 11.7. The minimum Gasteiger partial charge on any atom is -0.423 e. The number of hydrogen-bond donors (Lipinski definition) is 0. The molecule has 0 saturated carbocycles. The molecule has 2 aromatic rings. The van der Waals surface area contributed by atoms with Gasteiger partial charge >= 0.3 is 5.63 Å². The smallest absolute Gasteiger partial charge is 0.345 e. The van der Waals surface area contributed by atoms with Crippen LogP contribution in [0.25, 0.3) is 17.3 Å². The van der Waals surface area contributed by atoms with Crippen molar-refractivity contribution in [3.05, 3.63) is 58.3 Å². The summed E-state index contributed by atoms with van der Waals surface area (Å²) in [6.07, 6.45) is 7.46. The van der Waals surface area contributed by atoms with Gasteiger partial charge in [-0.25, -0.2) is 4.79 Å². The van der Waals surface area contributed by atoms with Gasteiger partial charge in [-0.2, -0.15) is 0 Å². The molecule has 3 rings (SSSR count). The minimum atomic E-state index is -0.325. The Hall–Kier alpha value is -2.16. The number of rotatable bonds is 1. The number of aryl methyl sites for hydroxylation is 1. The van der Waals surface area contributed by atoms with Crippen molar-refractivity contribution in [1.29, 1.82) is 0 Å². The summed E-state index contributed by atoms with van der Waals surface area (Å²) in [6, 6.07) is 7.40. The van der Waals surface area contributed by atoms with Crippen molar-refractivity contribution < 1.29 is 4.42 Å². The van der Waals surface area contributed by atoms with Crippen molar-refractivity contribution in [3.63, 3.8) is 0 Å². The predicted molar refractivity (Wildman–Crippen MR) is 65.6 cm³/mol. The fourth-order valence-electron chi connectivity index (χ4n) is 1.99. The fraction of sp³-hybridized carbons (Fsp3) is 0.143. The summed E-state index contributed by atoms with van der Waals surface area (Å²) in [6.45, 7) is 0. The molecule has 0 fully saturated rings. The molecule has 1 aliphatic carbocycles. The second-order valence-electron chi connectivity index (χ2n) is 3.99. The molecule has 17 heavy (non-hydrogen) atoms. The summed E-state index contributed by atoms with van der Waals surface area (Å²) in [7, 11) is 0. The first-order chi connectivity index (χ1) is 8.34. The van der Waals surface area contributed by atoms with Crippen molar-refractivity contribution in [1.82, 2.24) is 4.98 Å². The van der Waals surface area contributed by atoms with Crippen LogP contribution in [0.15, 0.2) is 45.8 Å². The van der Waals surface area contributed by atoms with E-state index in [2.05, 4.69) is 4.98 Å². The van der Waals surface area contributed by atoms with Crippen molar-refractivity contribution in [3.8, 4) is 11.3 Å². The monoisotopic (exact) mass is 225 g/mol. The molecule has 0 bridgehead atoms. The lowest BCUT2D eigenvalue weighted by Crippen LogP contribution is -2.08. The highest BCUT2D eigenvalue weighted by atomic mass is 16.4. The highest BCUT2D eigenvalue weighted by Crippen LogP contribution is 2.22. The van der Waals surface area contributed by atoms with Gasteiger partial charge in [0.15, 0.2) is 0 Å². The van der Waals surface area contributed by atoms with E-state index in [4.69, 9.17) is 4.42 Å². The molecule has 3 heteroatoms. The number of hydrogen-bond acceptors (Lipinski definition) is 3. The predicted octanol–water partition coefficient (Wildman–Crippen LogP) is 2.66. The van der Waals surface area contributed by atoms with E-state index in [0.717, 1.165) is 18.4 Å². The Bertz CT molecular complexity index is 626. The van der Waals surface area contributed by atoms with Crippen molar-refractivity contribution in [2.45, 2.75) is 12.8 Å². The third kappa shape index (κ3) is 1.80. The van der Waals surface area contributed by atoms with Gasteiger partial charge in [0.05, 0.1) is 11.3 Å². The van der Waals surface area contributed by atoms with E-state index in [0.29, 0.717) is 17.0 Å². The molecule has 0 aliphatic heterocycles. The molecule has 1 aliphatic rings. The quantitative estimate of drug-likeness (QED) is 0.749. The third-order valence-electron chi connectivity index (χ3n) is 2.85. The van der Waals surface area contributed by atoms with Crippen molar-refractivity contribution in [2.24, 2.45) is 0 Å². The third-order valence-corrected chi connectivity index (χ3v) is 2.85. The average Bonchev–Trinajstić information content (AvgIpc) is 2.39. The highest BCUT2D eigenvalue weighted by Gasteiger charge is 2.13. The van der Waals surface area contributed by atoms with Crippen LogP contribution in [0.4, 0.5) is 0 Å². The van der Waals surface area contributed by atoms with Crippen molar-refractivity contribution >= 4 is 6.08 Å². The standard InChI is InChI=1S/C14H11NO2/c16-14-11(12-6-3-4-8-15-12)9-10-5-1-2-7-13(10)17-14/h2-4,6-9H,1,5H2. The van der Waals surface area contributed by atoms with Crippen LogP contribution >= 0.6 is 0 Å². The van der Waals surface area contributed by atoms with Gasteiger partial charge in [-0.1, -0.05) is 12.1 Å². The molecule has 0 saturated heterocycles. The Balaban J connectivity index is 2.19. The van der Waals surface area contributed by atoms with E-state index < -0.39 is 0 Å². The topological polar surface area (TPSA) is 43.1 Å². The van der Waals surface area contributed by atoms with Gasteiger partial charge in [-0.05, 0) is 42.7 Å². The maximum Gasteiger partial charge on any atom is 0.345 e. The molecule has 0 amide bonds. The molecule has 3 nitrogen and oxygen atoms in total. The van der Waals surface area contributed by atoms with E-state index in [1.54, 1.807) is 6.20 Å². The van der Waals surface area contributed by atoms with E-state index >= 15 is 0 Å². The number of fused-ring (bicyclic) bond motifs is 1. The maximum atomic E-state index is 11.9. The lowest BCUT2D eigenvalue weighted by molar-refractivity contribution is 0.493. The number of aromatic nitrogens is 1. The van der Waals surface area contributed by atoms with E-state index in [1.807, 2.05) is 36.4 Å². The van der Waals surface area contributed by atoms with Crippen LogP contribution in [-0.4, -0.2) is 4.98 Å². The summed E-state index contributed by atoms with van der Waals surface area (Å²) in [5, 5.41) is 0. The van der Waals surface area contributed by atoms with Crippen LogP contribution < -0.4 is 5.63 Å². The molecule has 2 aromatic heterocycles. The Morgan fingerprint density at radius 3 is 3.06 bits per heavy atom. The summed E-state index contributed by atoms with van der Waals surface area (Å²) in [4.78, 5) is 16.0. The number of allylic oxidation sites excluding steroid dienone is 1. The van der Waals surface area contributed by atoms with Gasteiger partial charge in [0.1, 0.15) is 5.76 Å². The first-order valence-electron chi connectivity index (χ1n) is 5.59. The van der Waals surface area contributed by atoms with Gasteiger partial charge < -0.3 is 4.42 Å². The summed E-state index contributed by atoms with van der Waals surface area (Å²) in [5.74, 6) is 0.681. The molecule has 0 atom stereocenters. The SMILES string of the molecule is O=c1oc2c(cc1-c1ccccn1)CCC=C2. The van der Waals surface area contributed by atoms with Gasteiger partial charge in [-0.3, -0.25) is 4.98 Å². The van der Waals surface area contributed by atoms with Crippen LogP contribution in [0.5, 0.6) is 0 Å². The van der Waals surface area contributed by atoms with Crippen LogP contribution in [0.3, 0.4) is 0 Å². The minimum absolute atomic E-state index is 0.325. The Morgan fingerprint density at radius 1 is 1.29 bits per heavy atom. The van der Waals surface area contributed by atoms with Gasteiger partial charge in [0, 0.05) is 6.20 Å². The molecule has 2 heterocycles. The van der Waals surface area contributed by atoms with Crippen LogP contribution in [0, 0.1) is 0 Å². The summed E-state index contributed by atoms with van der Waals surface area (Å²) in [5.41, 5.74) is 1.96. The van der Waals surface area contributed by atoms with Crippen molar-refractivity contribution in [2.75, 3.05) is 0 Å². The van der Waals surface area contributed by atoms with Crippen LogP contribution in [-0.2, 0) is 6.42 Å². The van der Waals surface area contributed by atoms with Gasteiger partial charge in [0.25, 0.3) is 0 Å². The summed E-state index contributed by atoms with van der Waals surface area (Å²) < 4.78 is 5.30. The molecule has 0 unspecified atom stereocenters. The molecule has 0 spiro atoms. The Kier molecular flexibility index (Phi) is 2.37. The first kappa shape index (κ1) is 10.0. The zero-order valence-corrected chi connectivity index (χ0v) is 9.22. The van der Waals surface area contributed by atoms with E-state index in [9.17, 15) is 4.79 Å². The molecular formula is C14H11NO2. The van der Waals surface area contributed by atoms with Crippen LogP contribution in [0.2, 0.25) is 0 Å². The zero-order valence-electron chi connectivity index (χ0n) is 9.22. The molecule has 0 N–H and O–H groups in total. The lowest BCUT2D eigenvalue weighted by Gasteiger charge is -2.09. The molecule has 0 radical (unpaired) electrons.